The van der Waals surface area contributed by atoms with Crippen molar-refractivity contribution in [1.29, 1.82) is 0 Å². The molecule has 0 bridgehead atoms. The van der Waals surface area contributed by atoms with Crippen molar-refractivity contribution in [2.75, 3.05) is 25.1 Å². The Morgan fingerprint density at radius 1 is 1.27 bits per heavy atom. The van der Waals surface area contributed by atoms with Crippen LogP contribution in [0.2, 0.25) is 0 Å². The molecule has 4 N–H and O–H groups in total. The Hall–Kier alpha value is -2.98. The van der Waals surface area contributed by atoms with Gasteiger partial charge in [-0.1, -0.05) is 19.3 Å². The van der Waals surface area contributed by atoms with E-state index in [4.69, 9.17) is 4.74 Å². The fourth-order valence-corrected chi connectivity index (χ4v) is 4.05. The number of fused-ring (bicyclic) bond motifs is 1. The Balaban J connectivity index is 2.00. The van der Waals surface area contributed by atoms with Crippen LogP contribution in [-0.4, -0.2) is 58.6 Å². The van der Waals surface area contributed by atoms with E-state index in [9.17, 15) is 29.0 Å². The summed E-state index contributed by atoms with van der Waals surface area (Å²) in [7, 11) is 0. The summed E-state index contributed by atoms with van der Waals surface area (Å²) in [6.45, 7) is 0.682. The van der Waals surface area contributed by atoms with Gasteiger partial charge in [0.05, 0.1) is 37.1 Å². The van der Waals surface area contributed by atoms with Crippen LogP contribution in [0.3, 0.4) is 0 Å². The SMILES string of the molecule is CCOC(=O)CNC(=O)c1cn(CC(O)CO)c2cc(NC3CCCCC3)c(F)cc2c1=O. The number of nitrogens with zero attached hydrogens (tertiary/aromatic N) is 1. The minimum Gasteiger partial charge on any atom is -0.465 e. The average Bonchev–Trinajstić information content (AvgIpc) is 2.81. The molecule has 1 heterocycles. The normalized spacial score (nSPS) is 15.3. The van der Waals surface area contributed by atoms with E-state index in [1.54, 1.807) is 6.92 Å². The fourth-order valence-electron chi connectivity index (χ4n) is 4.05. The first kappa shape index (κ1) is 24.7. The number of ether oxygens (including phenoxy) is 1. The molecular formula is C23H30FN3O6. The predicted molar refractivity (Wildman–Crippen MR) is 121 cm³/mol. The van der Waals surface area contributed by atoms with Crippen molar-refractivity contribution in [3.8, 4) is 0 Å². The molecule has 2 aromatic rings. The van der Waals surface area contributed by atoms with Crippen LogP contribution < -0.4 is 16.1 Å². The standard InChI is InChI=1S/C23H30FN3O6/c1-2-33-21(30)10-25-23(32)17-12-27(11-15(29)13-28)20-9-19(18(24)8-16(20)22(17)31)26-14-6-4-3-5-7-14/h8-9,12,14-15,26,28-29H,2-7,10-11,13H2,1H3,(H,25,32). The fraction of sp³-hybridized carbons (Fsp3) is 0.522. The monoisotopic (exact) mass is 463 g/mol. The molecule has 0 aliphatic heterocycles. The number of hydrogen-bond donors (Lipinski definition) is 4. The number of carbonyl (C=O) groups is 2. The van der Waals surface area contributed by atoms with Crippen LogP contribution in [0, 0.1) is 5.82 Å². The lowest BCUT2D eigenvalue weighted by atomic mass is 9.95. The Morgan fingerprint density at radius 2 is 2.00 bits per heavy atom. The maximum absolute atomic E-state index is 14.9. The number of nitrogens with one attached hydrogen (secondary N) is 2. The summed E-state index contributed by atoms with van der Waals surface area (Å²) >= 11 is 0. The van der Waals surface area contributed by atoms with Gasteiger partial charge in [0.1, 0.15) is 17.9 Å². The molecule has 1 fully saturated rings. The average molecular weight is 464 g/mol. The zero-order chi connectivity index (χ0) is 24.0. The van der Waals surface area contributed by atoms with Crippen LogP contribution in [0.1, 0.15) is 49.4 Å². The maximum Gasteiger partial charge on any atom is 0.325 e. The first-order valence-electron chi connectivity index (χ1n) is 11.2. The van der Waals surface area contributed by atoms with E-state index in [0.717, 1.165) is 38.2 Å². The number of aliphatic hydroxyl groups excluding tert-OH is 2. The van der Waals surface area contributed by atoms with E-state index in [-0.39, 0.29) is 35.8 Å². The van der Waals surface area contributed by atoms with Crippen molar-refractivity contribution in [3.63, 3.8) is 0 Å². The summed E-state index contributed by atoms with van der Waals surface area (Å²) < 4.78 is 21.1. The number of aromatic nitrogens is 1. The molecule has 0 saturated heterocycles. The number of hydrogen-bond acceptors (Lipinski definition) is 7. The second kappa shape index (κ2) is 11.2. The summed E-state index contributed by atoms with van der Waals surface area (Å²) in [6.07, 6.45) is 5.20. The Morgan fingerprint density at radius 3 is 2.67 bits per heavy atom. The molecule has 3 rings (SSSR count). The molecule has 1 atom stereocenters. The molecule has 0 spiro atoms. The van der Waals surface area contributed by atoms with Gasteiger partial charge in [-0.3, -0.25) is 14.4 Å². The number of rotatable bonds is 9. The molecule has 9 nitrogen and oxygen atoms in total. The molecule has 1 aliphatic carbocycles. The summed E-state index contributed by atoms with van der Waals surface area (Å²) in [5.41, 5.74) is -0.469. The first-order chi connectivity index (χ1) is 15.8. The number of amides is 1. The van der Waals surface area contributed by atoms with Crippen LogP contribution >= 0.6 is 0 Å². The van der Waals surface area contributed by atoms with Crippen molar-refractivity contribution in [3.05, 3.63) is 39.9 Å². The van der Waals surface area contributed by atoms with Crippen LogP contribution in [0.5, 0.6) is 0 Å². The van der Waals surface area contributed by atoms with Gasteiger partial charge in [0.25, 0.3) is 5.91 Å². The molecular weight excluding hydrogens is 433 g/mol. The minimum absolute atomic E-state index is 0.0457. The van der Waals surface area contributed by atoms with E-state index in [2.05, 4.69) is 10.6 Å². The molecule has 33 heavy (non-hydrogen) atoms. The smallest absolute Gasteiger partial charge is 0.325 e. The van der Waals surface area contributed by atoms with Gasteiger partial charge in [-0.15, -0.1) is 0 Å². The van der Waals surface area contributed by atoms with Gasteiger partial charge in [0.2, 0.25) is 5.43 Å². The molecule has 0 radical (unpaired) electrons. The highest BCUT2D eigenvalue weighted by atomic mass is 19.1. The molecule has 1 aromatic carbocycles. The highest BCUT2D eigenvalue weighted by Crippen LogP contribution is 2.26. The van der Waals surface area contributed by atoms with E-state index in [1.165, 1.54) is 16.8 Å². The third kappa shape index (κ3) is 6.08. The maximum atomic E-state index is 14.9. The second-order valence-corrected chi connectivity index (χ2v) is 8.18. The molecule has 1 aliphatic rings. The number of pyridine rings is 1. The van der Waals surface area contributed by atoms with Crippen LogP contribution in [0.15, 0.2) is 23.1 Å². The van der Waals surface area contributed by atoms with Gasteiger partial charge in [-0.25, -0.2) is 4.39 Å². The highest BCUT2D eigenvalue weighted by molar-refractivity contribution is 5.99. The predicted octanol–water partition coefficient (Wildman–Crippen LogP) is 1.53. The van der Waals surface area contributed by atoms with Crippen LogP contribution in [0.4, 0.5) is 10.1 Å². The minimum atomic E-state index is -1.16. The third-order valence-corrected chi connectivity index (χ3v) is 5.70. The first-order valence-corrected chi connectivity index (χ1v) is 11.2. The molecule has 180 valence electrons. The van der Waals surface area contributed by atoms with Gasteiger partial charge in [0, 0.05) is 17.6 Å². The van der Waals surface area contributed by atoms with E-state index < -0.39 is 42.4 Å². The molecule has 1 aromatic heterocycles. The van der Waals surface area contributed by atoms with Gasteiger partial charge < -0.3 is 30.2 Å². The number of aliphatic hydroxyl groups is 2. The van der Waals surface area contributed by atoms with Gasteiger partial charge in [0.15, 0.2) is 0 Å². The third-order valence-electron chi connectivity index (χ3n) is 5.70. The Bertz CT molecular complexity index is 1060. The van der Waals surface area contributed by atoms with Crippen molar-refractivity contribution < 1.29 is 28.9 Å². The molecule has 1 saturated carbocycles. The topological polar surface area (TPSA) is 130 Å². The van der Waals surface area contributed by atoms with Gasteiger partial charge >= 0.3 is 5.97 Å². The molecule has 10 heteroatoms. The Labute approximate surface area is 190 Å². The van der Waals surface area contributed by atoms with E-state index in [1.807, 2.05) is 0 Å². The number of carbonyl (C=O) groups excluding carboxylic acids is 2. The molecule has 1 unspecified atom stereocenters. The van der Waals surface area contributed by atoms with Crippen molar-refractivity contribution >= 4 is 28.5 Å². The Kier molecular flexibility index (Phi) is 8.40. The summed E-state index contributed by atoms with van der Waals surface area (Å²) in [5, 5.41) is 24.8. The second-order valence-electron chi connectivity index (χ2n) is 8.18. The van der Waals surface area contributed by atoms with Crippen LogP contribution in [-0.2, 0) is 16.1 Å². The number of benzene rings is 1. The van der Waals surface area contributed by atoms with E-state index >= 15 is 0 Å². The van der Waals surface area contributed by atoms with Crippen LogP contribution in [0.25, 0.3) is 10.9 Å². The van der Waals surface area contributed by atoms with Crippen molar-refractivity contribution in [1.82, 2.24) is 9.88 Å². The highest BCUT2D eigenvalue weighted by Gasteiger charge is 2.21. The summed E-state index contributed by atoms with van der Waals surface area (Å²) in [5.74, 6) is -2.11. The summed E-state index contributed by atoms with van der Waals surface area (Å²) in [6, 6.07) is 2.69. The van der Waals surface area contributed by atoms with E-state index in [0.29, 0.717) is 5.52 Å². The lowest BCUT2D eigenvalue weighted by Gasteiger charge is -2.24. The summed E-state index contributed by atoms with van der Waals surface area (Å²) in [4.78, 5) is 37.1. The number of anilines is 1. The number of halogens is 1. The van der Waals surface area contributed by atoms with Gasteiger partial charge in [-0.2, -0.15) is 0 Å². The largest absolute Gasteiger partial charge is 0.465 e. The quantitative estimate of drug-likeness (QED) is 0.415. The molecule has 1 amide bonds. The van der Waals surface area contributed by atoms with Gasteiger partial charge in [-0.05, 0) is 31.9 Å². The lowest BCUT2D eigenvalue weighted by molar-refractivity contribution is -0.141. The zero-order valence-corrected chi connectivity index (χ0v) is 18.6. The zero-order valence-electron chi connectivity index (χ0n) is 18.6. The lowest BCUT2D eigenvalue weighted by Crippen LogP contribution is -2.34. The number of esters is 1. The van der Waals surface area contributed by atoms with Crippen molar-refractivity contribution in [2.24, 2.45) is 0 Å². The van der Waals surface area contributed by atoms with Crippen molar-refractivity contribution in [2.45, 2.75) is 57.7 Å².